The molecule has 8 nitrogen and oxygen atoms in total. The fourth-order valence-electron chi connectivity index (χ4n) is 3.75. The molecular formula is C18H29N5O3. The van der Waals surface area contributed by atoms with Gasteiger partial charge in [0, 0.05) is 18.4 Å². The van der Waals surface area contributed by atoms with E-state index in [1.54, 1.807) is 6.33 Å². The van der Waals surface area contributed by atoms with Gasteiger partial charge in [-0.15, -0.1) is 0 Å². The van der Waals surface area contributed by atoms with Crippen LogP contribution in [0.25, 0.3) is 0 Å². The van der Waals surface area contributed by atoms with Crippen molar-refractivity contribution in [1.29, 1.82) is 0 Å². The van der Waals surface area contributed by atoms with Gasteiger partial charge >= 0.3 is 0 Å². The van der Waals surface area contributed by atoms with Crippen LogP contribution in [0, 0.1) is 11.8 Å². The van der Waals surface area contributed by atoms with Crippen LogP contribution in [-0.2, 0) is 22.6 Å². The molecule has 1 aliphatic carbocycles. The monoisotopic (exact) mass is 363 g/mol. The molecule has 1 unspecified atom stereocenters. The highest BCUT2D eigenvalue weighted by Gasteiger charge is 2.32. The normalized spacial score (nSPS) is 26.0. The lowest BCUT2D eigenvalue weighted by Gasteiger charge is -2.32. The standard InChI is InChI=1S/C18H29N5O3/c1-18(2,10-24)22-17(26)12-3-6-14(7-4-12)21-16(25)13-5-8-15-19-11-20-23(15)9-13/h11-14,24H,3-10H2,1-2H3,(H,21,25)(H,22,26). The van der Waals surface area contributed by atoms with E-state index in [0.717, 1.165) is 44.3 Å². The van der Waals surface area contributed by atoms with Gasteiger partial charge in [-0.1, -0.05) is 0 Å². The first-order valence-electron chi connectivity index (χ1n) is 9.48. The van der Waals surface area contributed by atoms with Crippen LogP contribution in [-0.4, -0.2) is 49.9 Å². The summed E-state index contributed by atoms with van der Waals surface area (Å²) in [5, 5.41) is 19.5. The predicted molar refractivity (Wildman–Crippen MR) is 95.0 cm³/mol. The Morgan fingerprint density at radius 2 is 1.92 bits per heavy atom. The second kappa shape index (κ2) is 7.73. The Morgan fingerprint density at radius 3 is 2.62 bits per heavy atom. The minimum absolute atomic E-state index is 0.000168. The van der Waals surface area contributed by atoms with E-state index >= 15 is 0 Å². The molecule has 1 aliphatic heterocycles. The zero-order chi connectivity index (χ0) is 18.7. The third-order valence-corrected chi connectivity index (χ3v) is 5.48. The fourth-order valence-corrected chi connectivity index (χ4v) is 3.75. The molecule has 1 atom stereocenters. The summed E-state index contributed by atoms with van der Waals surface area (Å²) in [6, 6.07) is 0.134. The Balaban J connectivity index is 1.44. The molecule has 8 heteroatoms. The van der Waals surface area contributed by atoms with E-state index in [9.17, 15) is 14.7 Å². The van der Waals surface area contributed by atoms with Crippen molar-refractivity contribution < 1.29 is 14.7 Å². The Kier molecular flexibility index (Phi) is 5.60. The summed E-state index contributed by atoms with van der Waals surface area (Å²) in [7, 11) is 0. The van der Waals surface area contributed by atoms with Crippen molar-refractivity contribution in [3.63, 3.8) is 0 Å². The van der Waals surface area contributed by atoms with Gasteiger partial charge in [0.2, 0.25) is 11.8 Å². The molecular weight excluding hydrogens is 334 g/mol. The lowest BCUT2D eigenvalue weighted by molar-refractivity contribution is -0.128. The van der Waals surface area contributed by atoms with Crippen LogP contribution in [0.5, 0.6) is 0 Å². The van der Waals surface area contributed by atoms with Gasteiger partial charge in [0.15, 0.2) is 0 Å². The lowest BCUT2D eigenvalue weighted by atomic mass is 9.84. The van der Waals surface area contributed by atoms with Gasteiger partial charge in [-0.2, -0.15) is 5.10 Å². The first-order chi connectivity index (χ1) is 12.4. The molecule has 2 heterocycles. The van der Waals surface area contributed by atoms with Crippen LogP contribution in [0.1, 0.15) is 51.8 Å². The molecule has 3 N–H and O–H groups in total. The number of nitrogens with one attached hydrogen (secondary N) is 2. The number of rotatable bonds is 5. The molecule has 0 radical (unpaired) electrons. The number of aryl methyl sites for hydroxylation is 1. The number of carbonyl (C=O) groups is 2. The summed E-state index contributed by atoms with van der Waals surface area (Å²) in [6.45, 7) is 4.12. The number of amides is 2. The Hall–Kier alpha value is -1.96. The molecule has 2 aliphatic rings. The molecule has 1 aromatic heterocycles. The second-order valence-corrected chi connectivity index (χ2v) is 8.18. The number of aliphatic hydroxyl groups excluding tert-OH is 1. The van der Waals surface area contributed by atoms with E-state index in [4.69, 9.17) is 0 Å². The Labute approximate surface area is 153 Å². The first-order valence-corrected chi connectivity index (χ1v) is 9.48. The molecule has 0 aromatic carbocycles. The maximum absolute atomic E-state index is 12.6. The van der Waals surface area contributed by atoms with Crippen LogP contribution in [0.4, 0.5) is 0 Å². The van der Waals surface area contributed by atoms with Crippen LogP contribution >= 0.6 is 0 Å². The Bertz CT molecular complexity index is 649. The van der Waals surface area contributed by atoms with Crippen molar-refractivity contribution in [2.24, 2.45) is 11.8 Å². The minimum Gasteiger partial charge on any atom is -0.394 e. The average Bonchev–Trinajstić information content (AvgIpc) is 3.09. The maximum Gasteiger partial charge on any atom is 0.225 e. The molecule has 0 saturated heterocycles. The van der Waals surface area contributed by atoms with Gasteiger partial charge in [0.1, 0.15) is 12.2 Å². The molecule has 3 rings (SSSR count). The van der Waals surface area contributed by atoms with Crippen molar-refractivity contribution in [2.75, 3.05) is 6.61 Å². The number of aliphatic hydroxyl groups is 1. The van der Waals surface area contributed by atoms with E-state index in [1.807, 2.05) is 18.5 Å². The highest BCUT2D eigenvalue weighted by molar-refractivity contribution is 5.80. The second-order valence-electron chi connectivity index (χ2n) is 8.18. The zero-order valence-electron chi connectivity index (χ0n) is 15.6. The smallest absolute Gasteiger partial charge is 0.225 e. The number of aromatic nitrogens is 3. The first kappa shape index (κ1) is 18.8. The SMILES string of the molecule is CC(C)(CO)NC(=O)C1CCC(NC(=O)C2CCc3ncnn3C2)CC1. The third-order valence-electron chi connectivity index (χ3n) is 5.48. The minimum atomic E-state index is -0.594. The largest absolute Gasteiger partial charge is 0.394 e. The molecule has 0 bridgehead atoms. The lowest BCUT2D eigenvalue weighted by Crippen LogP contribution is -2.50. The van der Waals surface area contributed by atoms with Crippen LogP contribution in [0.2, 0.25) is 0 Å². The molecule has 1 fully saturated rings. The zero-order valence-corrected chi connectivity index (χ0v) is 15.6. The van der Waals surface area contributed by atoms with Gasteiger partial charge in [-0.3, -0.25) is 9.59 Å². The number of hydrogen-bond donors (Lipinski definition) is 3. The van der Waals surface area contributed by atoms with Crippen molar-refractivity contribution in [3.8, 4) is 0 Å². The van der Waals surface area contributed by atoms with Gasteiger partial charge in [-0.05, 0) is 46.0 Å². The molecule has 144 valence electrons. The number of fused-ring (bicyclic) bond motifs is 1. The van der Waals surface area contributed by atoms with Crippen LogP contribution in [0.3, 0.4) is 0 Å². The Morgan fingerprint density at radius 1 is 1.19 bits per heavy atom. The molecule has 1 aromatic rings. The summed E-state index contributed by atoms with van der Waals surface area (Å²) in [4.78, 5) is 29.1. The highest BCUT2D eigenvalue weighted by atomic mass is 16.3. The molecule has 26 heavy (non-hydrogen) atoms. The van der Waals surface area contributed by atoms with Crippen LogP contribution < -0.4 is 10.6 Å². The van der Waals surface area contributed by atoms with E-state index in [0.29, 0.717) is 6.54 Å². The van der Waals surface area contributed by atoms with Gasteiger partial charge in [0.05, 0.1) is 24.6 Å². The van der Waals surface area contributed by atoms with Crippen LogP contribution in [0.15, 0.2) is 6.33 Å². The summed E-state index contributed by atoms with van der Waals surface area (Å²) in [5.74, 6) is 0.934. The number of carbonyl (C=O) groups excluding carboxylic acids is 2. The average molecular weight is 363 g/mol. The number of nitrogens with zero attached hydrogens (tertiary/aromatic N) is 3. The maximum atomic E-state index is 12.6. The van der Waals surface area contributed by atoms with E-state index in [1.165, 1.54) is 0 Å². The van der Waals surface area contributed by atoms with Crippen molar-refractivity contribution in [2.45, 2.75) is 70.5 Å². The highest BCUT2D eigenvalue weighted by Crippen LogP contribution is 2.26. The van der Waals surface area contributed by atoms with Crippen molar-refractivity contribution >= 4 is 11.8 Å². The summed E-state index contributed by atoms with van der Waals surface area (Å²) < 4.78 is 1.82. The summed E-state index contributed by atoms with van der Waals surface area (Å²) in [6.07, 6.45) is 6.27. The van der Waals surface area contributed by atoms with Gasteiger partial charge < -0.3 is 15.7 Å². The summed E-state index contributed by atoms with van der Waals surface area (Å²) >= 11 is 0. The molecule has 1 saturated carbocycles. The third kappa shape index (κ3) is 4.41. The topological polar surface area (TPSA) is 109 Å². The van der Waals surface area contributed by atoms with Gasteiger partial charge in [-0.25, -0.2) is 9.67 Å². The van der Waals surface area contributed by atoms with Gasteiger partial charge in [0.25, 0.3) is 0 Å². The summed E-state index contributed by atoms with van der Waals surface area (Å²) in [5.41, 5.74) is -0.594. The van der Waals surface area contributed by atoms with Crippen molar-refractivity contribution in [3.05, 3.63) is 12.2 Å². The fraction of sp³-hybridized carbons (Fsp3) is 0.778. The number of hydrogen-bond acceptors (Lipinski definition) is 5. The van der Waals surface area contributed by atoms with E-state index in [2.05, 4.69) is 20.7 Å². The molecule has 2 amide bonds. The quantitative estimate of drug-likeness (QED) is 0.702. The predicted octanol–water partition coefficient (Wildman–Crippen LogP) is 0.403. The van der Waals surface area contributed by atoms with Crippen molar-refractivity contribution in [1.82, 2.24) is 25.4 Å². The van der Waals surface area contributed by atoms with E-state index < -0.39 is 5.54 Å². The molecule has 0 spiro atoms. The van der Waals surface area contributed by atoms with E-state index in [-0.39, 0.29) is 36.3 Å².